The Labute approximate surface area is 112 Å². The van der Waals surface area contributed by atoms with Crippen molar-refractivity contribution in [1.29, 1.82) is 0 Å². The average molecular weight is 249 g/mol. The van der Waals surface area contributed by atoms with Gasteiger partial charge >= 0.3 is 0 Å². The third kappa shape index (κ3) is 2.06. The van der Waals surface area contributed by atoms with Gasteiger partial charge in [-0.25, -0.2) is 0 Å². The zero-order valence-corrected chi connectivity index (χ0v) is 11.1. The van der Waals surface area contributed by atoms with E-state index in [0.29, 0.717) is 0 Å². The van der Waals surface area contributed by atoms with E-state index in [-0.39, 0.29) is 0 Å². The topological polar surface area (TPSA) is 22.1 Å². The number of aryl methyl sites for hydroxylation is 1. The van der Waals surface area contributed by atoms with Gasteiger partial charge in [0.2, 0.25) is 0 Å². The van der Waals surface area contributed by atoms with Crippen LogP contribution in [0.25, 0.3) is 22.0 Å². The van der Waals surface area contributed by atoms with Crippen LogP contribution >= 0.6 is 0 Å². The largest absolute Gasteiger partial charge is 0.496 e. The molecule has 3 rings (SSSR count). The molecule has 0 unspecified atom stereocenters. The quantitative estimate of drug-likeness (QED) is 0.678. The molecule has 2 aromatic carbocycles. The Morgan fingerprint density at radius 3 is 2.53 bits per heavy atom. The van der Waals surface area contributed by atoms with Crippen LogP contribution in [0.4, 0.5) is 0 Å². The van der Waals surface area contributed by atoms with Crippen LogP contribution in [0, 0.1) is 6.92 Å². The summed E-state index contributed by atoms with van der Waals surface area (Å²) in [7, 11) is 1.69. The van der Waals surface area contributed by atoms with Gasteiger partial charge in [0.25, 0.3) is 0 Å². The van der Waals surface area contributed by atoms with Crippen molar-refractivity contribution < 1.29 is 4.74 Å². The lowest BCUT2D eigenvalue weighted by Crippen LogP contribution is -1.92. The van der Waals surface area contributed by atoms with Gasteiger partial charge in [-0.1, -0.05) is 36.4 Å². The maximum Gasteiger partial charge on any atom is 0.128 e. The summed E-state index contributed by atoms with van der Waals surface area (Å²) in [6, 6.07) is 18.4. The second kappa shape index (κ2) is 4.73. The second-order valence-corrected chi connectivity index (χ2v) is 4.51. The first-order chi connectivity index (χ1) is 9.29. The highest BCUT2D eigenvalue weighted by atomic mass is 16.5. The smallest absolute Gasteiger partial charge is 0.128 e. The summed E-state index contributed by atoms with van der Waals surface area (Å²) in [5.41, 5.74) is 3.02. The van der Waals surface area contributed by atoms with Crippen LogP contribution in [-0.4, -0.2) is 12.1 Å². The van der Waals surface area contributed by atoms with Crippen molar-refractivity contribution in [2.24, 2.45) is 0 Å². The number of nitrogens with zero attached hydrogens (tertiary/aromatic N) is 1. The Morgan fingerprint density at radius 2 is 1.68 bits per heavy atom. The third-order valence-corrected chi connectivity index (χ3v) is 3.31. The van der Waals surface area contributed by atoms with E-state index >= 15 is 0 Å². The third-order valence-electron chi connectivity index (χ3n) is 3.31. The van der Waals surface area contributed by atoms with Crippen molar-refractivity contribution in [3.63, 3.8) is 0 Å². The van der Waals surface area contributed by atoms with Gasteiger partial charge < -0.3 is 4.74 Å². The number of rotatable bonds is 2. The highest BCUT2D eigenvalue weighted by molar-refractivity contribution is 5.88. The molecule has 2 heteroatoms. The summed E-state index contributed by atoms with van der Waals surface area (Å²) in [6.45, 7) is 2.04. The Hall–Kier alpha value is -2.35. The van der Waals surface area contributed by atoms with Gasteiger partial charge in [0.05, 0.1) is 12.8 Å². The summed E-state index contributed by atoms with van der Waals surface area (Å²) in [4.78, 5) is 4.70. The standard InChI is InChI=1S/C17H15NO/c1-12-14-8-4-3-7-13(14)11-16(18-12)15-9-5-6-10-17(15)19-2/h3-11H,1-2H3. The van der Waals surface area contributed by atoms with Crippen LogP contribution in [0.5, 0.6) is 5.75 Å². The number of ether oxygens (including phenoxy) is 1. The SMILES string of the molecule is COc1ccccc1-c1cc2ccccc2c(C)n1. The van der Waals surface area contributed by atoms with Crippen LogP contribution in [0.15, 0.2) is 54.6 Å². The molecule has 0 amide bonds. The van der Waals surface area contributed by atoms with E-state index in [4.69, 9.17) is 9.72 Å². The lowest BCUT2D eigenvalue weighted by molar-refractivity contribution is 0.416. The van der Waals surface area contributed by atoms with Crippen molar-refractivity contribution in [3.05, 3.63) is 60.3 Å². The van der Waals surface area contributed by atoms with Crippen molar-refractivity contribution in [2.45, 2.75) is 6.92 Å². The molecule has 1 aromatic heterocycles. The number of aromatic nitrogens is 1. The molecule has 0 bridgehead atoms. The van der Waals surface area contributed by atoms with Crippen LogP contribution in [-0.2, 0) is 0 Å². The number of benzene rings is 2. The molecule has 94 valence electrons. The van der Waals surface area contributed by atoms with Gasteiger partial charge in [-0.05, 0) is 30.5 Å². The molecule has 0 aliphatic rings. The molecule has 0 radical (unpaired) electrons. The molecule has 0 aliphatic carbocycles. The van der Waals surface area contributed by atoms with E-state index in [9.17, 15) is 0 Å². The zero-order valence-electron chi connectivity index (χ0n) is 11.1. The fourth-order valence-electron chi connectivity index (χ4n) is 2.37. The van der Waals surface area contributed by atoms with Gasteiger partial charge in [-0.2, -0.15) is 0 Å². The van der Waals surface area contributed by atoms with Crippen LogP contribution in [0.2, 0.25) is 0 Å². The normalized spacial score (nSPS) is 10.6. The first kappa shape index (κ1) is 11.7. The van der Waals surface area contributed by atoms with Crippen molar-refractivity contribution in [2.75, 3.05) is 7.11 Å². The summed E-state index contributed by atoms with van der Waals surface area (Å²) in [6.07, 6.45) is 0. The molecule has 2 nitrogen and oxygen atoms in total. The molecule has 0 aliphatic heterocycles. The lowest BCUT2D eigenvalue weighted by Gasteiger charge is -2.10. The fraction of sp³-hybridized carbons (Fsp3) is 0.118. The van der Waals surface area contributed by atoms with E-state index in [1.54, 1.807) is 7.11 Å². The minimum atomic E-state index is 0.852. The molecule has 0 N–H and O–H groups in total. The summed E-state index contributed by atoms with van der Waals surface area (Å²) in [5.74, 6) is 0.852. The Balaban J connectivity index is 2.26. The molecular formula is C17H15NO. The summed E-state index contributed by atoms with van der Waals surface area (Å²) < 4.78 is 5.41. The maximum atomic E-state index is 5.41. The zero-order chi connectivity index (χ0) is 13.2. The second-order valence-electron chi connectivity index (χ2n) is 4.51. The van der Waals surface area contributed by atoms with E-state index in [1.165, 1.54) is 10.8 Å². The van der Waals surface area contributed by atoms with Crippen LogP contribution < -0.4 is 4.74 Å². The summed E-state index contributed by atoms with van der Waals surface area (Å²) in [5, 5.41) is 2.40. The number of hydrogen-bond donors (Lipinski definition) is 0. The van der Waals surface area contributed by atoms with Gasteiger partial charge in [0.1, 0.15) is 5.75 Å². The van der Waals surface area contributed by atoms with E-state index in [1.807, 2.05) is 43.3 Å². The molecule has 19 heavy (non-hydrogen) atoms. The predicted octanol–water partition coefficient (Wildman–Crippen LogP) is 4.22. The van der Waals surface area contributed by atoms with E-state index < -0.39 is 0 Å². The first-order valence-corrected chi connectivity index (χ1v) is 6.29. The number of fused-ring (bicyclic) bond motifs is 1. The maximum absolute atomic E-state index is 5.41. The van der Waals surface area contributed by atoms with E-state index in [2.05, 4.69) is 18.2 Å². The lowest BCUT2D eigenvalue weighted by atomic mass is 10.0. The first-order valence-electron chi connectivity index (χ1n) is 6.29. The monoisotopic (exact) mass is 249 g/mol. The number of methoxy groups -OCH3 is 1. The molecule has 0 saturated carbocycles. The number of para-hydroxylation sites is 1. The Morgan fingerprint density at radius 1 is 0.947 bits per heavy atom. The molecule has 0 atom stereocenters. The Kier molecular flexibility index (Phi) is 2.92. The molecule has 0 fully saturated rings. The molecule has 3 aromatic rings. The average Bonchev–Trinajstić information content (AvgIpc) is 2.47. The van der Waals surface area contributed by atoms with Crippen LogP contribution in [0.1, 0.15) is 5.69 Å². The van der Waals surface area contributed by atoms with Gasteiger partial charge in [-0.3, -0.25) is 4.98 Å². The van der Waals surface area contributed by atoms with Crippen molar-refractivity contribution >= 4 is 10.8 Å². The van der Waals surface area contributed by atoms with Crippen molar-refractivity contribution in [3.8, 4) is 17.0 Å². The van der Waals surface area contributed by atoms with Crippen molar-refractivity contribution in [1.82, 2.24) is 4.98 Å². The Bertz CT molecular complexity index is 734. The minimum absolute atomic E-state index is 0.852. The van der Waals surface area contributed by atoms with Gasteiger partial charge in [0, 0.05) is 16.6 Å². The molecule has 0 saturated heterocycles. The highest BCUT2D eigenvalue weighted by Crippen LogP contribution is 2.30. The number of pyridine rings is 1. The van der Waals surface area contributed by atoms with Gasteiger partial charge in [0.15, 0.2) is 0 Å². The highest BCUT2D eigenvalue weighted by Gasteiger charge is 2.08. The minimum Gasteiger partial charge on any atom is -0.496 e. The van der Waals surface area contributed by atoms with Gasteiger partial charge in [-0.15, -0.1) is 0 Å². The molecular weight excluding hydrogens is 234 g/mol. The van der Waals surface area contributed by atoms with E-state index in [0.717, 1.165) is 22.7 Å². The molecule has 1 heterocycles. The number of hydrogen-bond acceptors (Lipinski definition) is 2. The fourth-order valence-corrected chi connectivity index (χ4v) is 2.37. The summed E-state index contributed by atoms with van der Waals surface area (Å²) >= 11 is 0. The molecule has 0 spiro atoms. The predicted molar refractivity (Wildman–Crippen MR) is 78.5 cm³/mol. The van der Waals surface area contributed by atoms with Crippen LogP contribution in [0.3, 0.4) is 0 Å².